The number of ether oxygens (including phenoxy) is 2. The average Bonchev–Trinajstić information content (AvgIpc) is 3.14. The van der Waals surface area contributed by atoms with Gasteiger partial charge in [-0.05, 0) is 19.1 Å². The highest BCUT2D eigenvalue weighted by Crippen LogP contribution is 2.36. The van der Waals surface area contributed by atoms with Crippen molar-refractivity contribution in [1.29, 1.82) is 0 Å². The summed E-state index contributed by atoms with van der Waals surface area (Å²) in [5.74, 6) is -2.84. The Balaban J connectivity index is 1.93. The Labute approximate surface area is 197 Å². The highest BCUT2D eigenvalue weighted by molar-refractivity contribution is 7.18. The van der Waals surface area contributed by atoms with Crippen molar-refractivity contribution in [1.82, 2.24) is 15.0 Å². The molecule has 10 nitrogen and oxygen atoms in total. The summed E-state index contributed by atoms with van der Waals surface area (Å²) in [6, 6.07) is 3.28. The largest absolute Gasteiger partial charge is 0.574 e. The number of hydrogen-bond donors (Lipinski definition) is 2. The van der Waals surface area contributed by atoms with E-state index in [-0.39, 0.29) is 27.1 Å². The molecule has 0 aliphatic carbocycles. The third-order valence-electron chi connectivity index (χ3n) is 4.28. The normalized spacial score (nSPS) is 12.3. The van der Waals surface area contributed by atoms with Crippen LogP contribution in [-0.2, 0) is 4.79 Å². The van der Waals surface area contributed by atoms with Crippen LogP contribution in [0.5, 0.6) is 11.8 Å². The van der Waals surface area contributed by atoms with Gasteiger partial charge in [0.25, 0.3) is 0 Å². The predicted molar refractivity (Wildman–Crippen MR) is 113 cm³/mol. The van der Waals surface area contributed by atoms with E-state index in [1.54, 1.807) is 0 Å². The molecule has 186 valence electrons. The Bertz CT molecular complexity index is 1200. The minimum absolute atomic E-state index is 0.00838. The van der Waals surface area contributed by atoms with Gasteiger partial charge in [0.2, 0.25) is 23.5 Å². The van der Waals surface area contributed by atoms with E-state index < -0.39 is 42.5 Å². The molecular weight excluding hydrogens is 503 g/mol. The highest BCUT2D eigenvalue weighted by atomic mass is 32.1. The number of nitrogens with zero attached hydrogens (tertiary/aromatic N) is 4. The van der Waals surface area contributed by atoms with E-state index in [4.69, 9.17) is 11.5 Å². The lowest BCUT2D eigenvalue weighted by molar-refractivity contribution is -0.276. The van der Waals surface area contributed by atoms with Crippen molar-refractivity contribution in [3.63, 3.8) is 0 Å². The Hall–Kier alpha value is -4.08. The summed E-state index contributed by atoms with van der Waals surface area (Å²) in [4.78, 5) is 37.2. The topological polar surface area (TPSA) is 147 Å². The van der Waals surface area contributed by atoms with E-state index in [1.165, 1.54) is 24.0 Å². The monoisotopic (exact) mass is 518 g/mol. The van der Waals surface area contributed by atoms with Crippen LogP contribution in [0.1, 0.15) is 22.2 Å². The van der Waals surface area contributed by atoms with Gasteiger partial charge in [0.15, 0.2) is 5.13 Å². The number of amides is 1. The van der Waals surface area contributed by atoms with Crippen molar-refractivity contribution in [2.45, 2.75) is 25.9 Å². The second-order valence-electron chi connectivity index (χ2n) is 6.65. The van der Waals surface area contributed by atoms with Gasteiger partial charge in [-0.3, -0.25) is 9.59 Å². The second-order valence-corrected chi connectivity index (χ2v) is 7.63. The Morgan fingerprint density at radius 2 is 1.74 bits per heavy atom. The number of rotatable bonds is 9. The number of carbonyl (C=O) groups is 2. The number of hydrogen-bond acceptors (Lipinski definition) is 10. The van der Waals surface area contributed by atoms with Crippen LogP contribution < -0.4 is 25.8 Å². The van der Waals surface area contributed by atoms with Gasteiger partial charge in [-0.15, -0.1) is 13.2 Å². The molecule has 0 aliphatic rings. The average molecular weight is 518 g/mol. The lowest BCUT2D eigenvalue weighted by Crippen LogP contribution is -2.40. The second kappa shape index (κ2) is 10.0. The zero-order valence-corrected chi connectivity index (χ0v) is 18.3. The van der Waals surface area contributed by atoms with Crippen molar-refractivity contribution in [2.75, 3.05) is 10.6 Å². The first-order valence-electron chi connectivity index (χ1n) is 9.38. The van der Waals surface area contributed by atoms with Crippen LogP contribution in [0, 0.1) is 0 Å². The third-order valence-corrected chi connectivity index (χ3v) is 5.35. The summed E-state index contributed by atoms with van der Waals surface area (Å²) in [6.45, 7) is -1.70. The zero-order chi connectivity index (χ0) is 25.9. The molecule has 0 saturated heterocycles. The number of anilines is 3. The van der Waals surface area contributed by atoms with Crippen molar-refractivity contribution in [3.05, 3.63) is 47.1 Å². The molecular formula is C19H15F5N6O4S. The first kappa shape index (κ1) is 25.5. The summed E-state index contributed by atoms with van der Waals surface area (Å²) in [5, 5.41) is 0.00838. The van der Waals surface area contributed by atoms with Gasteiger partial charge < -0.3 is 25.8 Å². The fourth-order valence-corrected chi connectivity index (χ4v) is 3.76. The molecule has 0 bridgehead atoms. The van der Waals surface area contributed by atoms with Gasteiger partial charge in [-0.2, -0.15) is 8.78 Å². The molecule has 16 heteroatoms. The molecule has 0 saturated carbocycles. The van der Waals surface area contributed by atoms with Crippen molar-refractivity contribution in [2.24, 2.45) is 5.73 Å². The molecule has 35 heavy (non-hydrogen) atoms. The van der Waals surface area contributed by atoms with E-state index in [0.29, 0.717) is 0 Å². The minimum atomic E-state index is -4.95. The number of nitrogen functional groups attached to an aromatic ring is 1. The van der Waals surface area contributed by atoms with Gasteiger partial charge in [-0.1, -0.05) is 11.3 Å². The summed E-state index contributed by atoms with van der Waals surface area (Å²) in [7, 11) is 0. The molecule has 3 heterocycles. The maximum Gasteiger partial charge on any atom is 0.574 e. The molecule has 3 rings (SSSR count). The van der Waals surface area contributed by atoms with Gasteiger partial charge in [0.05, 0.1) is 11.9 Å². The van der Waals surface area contributed by atoms with Crippen LogP contribution in [0.4, 0.5) is 38.6 Å². The summed E-state index contributed by atoms with van der Waals surface area (Å²) >= 11 is 0.755. The maximum atomic E-state index is 12.9. The van der Waals surface area contributed by atoms with Crippen LogP contribution in [0.15, 0.2) is 36.7 Å². The van der Waals surface area contributed by atoms with E-state index in [0.717, 1.165) is 35.9 Å². The summed E-state index contributed by atoms with van der Waals surface area (Å²) < 4.78 is 69.6. The van der Waals surface area contributed by atoms with Crippen LogP contribution in [-0.4, -0.2) is 45.7 Å². The fourth-order valence-electron chi connectivity index (χ4n) is 2.71. The summed E-state index contributed by atoms with van der Waals surface area (Å²) in [5.41, 5.74) is 11.4. The third kappa shape index (κ3) is 6.28. The highest BCUT2D eigenvalue weighted by Gasteiger charge is 2.32. The van der Waals surface area contributed by atoms with Crippen LogP contribution in [0.3, 0.4) is 0 Å². The molecule has 1 amide bonds. The molecule has 0 fully saturated rings. The molecule has 0 aromatic carbocycles. The van der Waals surface area contributed by atoms with Crippen LogP contribution in [0.2, 0.25) is 0 Å². The van der Waals surface area contributed by atoms with E-state index in [1.807, 2.05) is 0 Å². The molecule has 0 aliphatic heterocycles. The lowest BCUT2D eigenvalue weighted by atomic mass is 10.1. The number of nitrogens with two attached hydrogens (primary N) is 2. The number of halogens is 5. The standard InChI is InChI=1S/C19H15F5N6O4S/c1-8(16(26)32)30(10-3-5-12(28-7-10)34-19(22,23)24)18-29-15(25)14(35-18)13(31)9-2-4-11(27-6-9)33-17(20)21/h2-8,17H,25H2,1H3,(H2,26,32). The molecule has 1 unspecified atom stereocenters. The van der Waals surface area contributed by atoms with Crippen LogP contribution >= 0.6 is 11.3 Å². The molecule has 0 radical (unpaired) electrons. The number of pyridine rings is 2. The lowest BCUT2D eigenvalue weighted by Gasteiger charge is -2.26. The SMILES string of the molecule is CC(C(N)=O)N(c1ccc(OC(F)(F)F)nc1)c1nc(N)c(C(=O)c2ccc(OC(F)F)nc2)s1. The first-order chi connectivity index (χ1) is 16.4. The summed E-state index contributed by atoms with van der Waals surface area (Å²) in [6.07, 6.45) is -2.95. The molecule has 4 N–H and O–H groups in total. The van der Waals surface area contributed by atoms with Gasteiger partial charge in [-0.25, -0.2) is 15.0 Å². The van der Waals surface area contributed by atoms with Crippen molar-refractivity contribution in [3.8, 4) is 11.8 Å². The molecule has 3 aromatic heterocycles. The van der Waals surface area contributed by atoms with Crippen molar-refractivity contribution < 1.29 is 41.0 Å². The fraction of sp³-hybridized carbons (Fsp3) is 0.211. The Morgan fingerprint density at radius 3 is 2.26 bits per heavy atom. The van der Waals surface area contributed by atoms with Gasteiger partial charge in [0.1, 0.15) is 16.7 Å². The zero-order valence-electron chi connectivity index (χ0n) is 17.5. The van der Waals surface area contributed by atoms with E-state index in [2.05, 4.69) is 24.4 Å². The predicted octanol–water partition coefficient (Wildman–Crippen LogP) is 3.26. The van der Waals surface area contributed by atoms with Gasteiger partial charge in [0, 0.05) is 23.9 Å². The first-order valence-corrected chi connectivity index (χ1v) is 10.2. The number of thiazole rings is 1. The van der Waals surface area contributed by atoms with Gasteiger partial charge >= 0.3 is 13.0 Å². The van der Waals surface area contributed by atoms with Crippen LogP contribution in [0.25, 0.3) is 0 Å². The molecule has 0 spiro atoms. The Kier molecular flexibility index (Phi) is 7.33. The maximum absolute atomic E-state index is 12.9. The molecule has 1 atom stereocenters. The number of carbonyl (C=O) groups excluding carboxylic acids is 2. The minimum Gasteiger partial charge on any atom is -0.417 e. The molecule has 3 aromatic rings. The number of alkyl halides is 5. The van der Waals surface area contributed by atoms with E-state index in [9.17, 15) is 31.5 Å². The smallest absolute Gasteiger partial charge is 0.417 e. The Morgan fingerprint density at radius 1 is 1.09 bits per heavy atom. The number of aromatic nitrogens is 3. The van der Waals surface area contributed by atoms with Crippen molar-refractivity contribution >= 4 is 39.7 Å². The van der Waals surface area contributed by atoms with E-state index >= 15 is 0 Å². The number of ketones is 1. The quantitative estimate of drug-likeness (QED) is 0.322. The number of primary amides is 1.